The fourth-order valence-electron chi connectivity index (χ4n) is 3.03. The fourth-order valence-corrected chi connectivity index (χ4v) is 3.47. The molecule has 0 saturated heterocycles. The Morgan fingerprint density at radius 1 is 1.10 bits per heavy atom. The van der Waals surface area contributed by atoms with Gasteiger partial charge in [0.2, 0.25) is 0 Å². The van der Waals surface area contributed by atoms with Crippen molar-refractivity contribution in [1.82, 2.24) is 4.98 Å². The van der Waals surface area contributed by atoms with E-state index in [1.165, 1.54) is 5.56 Å². The van der Waals surface area contributed by atoms with Crippen LogP contribution < -0.4 is 10.2 Å². The molecule has 30 heavy (non-hydrogen) atoms. The van der Waals surface area contributed by atoms with Crippen molar-refractivity contribution < 1.29 is 9.90 Å². The van der Waals surface area contributed by atoms with E-state index < -0.39 is 0 Å². The number of amides is 1. The van der Waals surface area contributed by atoms with Crippen LogP contribution in [0.4, 0.5) is 17.2 Å². The number of hydrogen-bond donors (Lipinski definition) is 2. The van der Waals surface area contributed by atoms with Gasteiger partial charge < -0.3 is 15.3 Å². The summed E-state index contributed by atoms with van der Waals surface area (Å²) in [6, 6.07) is 16.2. The van der Waals surface area contributed by atoms with Gasteiger partial charge >= 0.3 is 0 Å². The molecule has 0 aliphatic carbocycles. The van der Waals surface area contributed by atoms with Crippen LogP contribution in [-0.2, 0) is 0 Å². The van der Waals surface area contributed by atoms with Crippen molar-refractivity contribution in [1.29, 1.82) is 0 Å². The number of aromatic nitrogens is 1. The summed E-state index contributed by atoms with van der Waals surface area (Å²) in [5, 5.41) is 13.3. The van der Waals surface area contributed by atoms with Crippen molar-refractivity contribution in [2.75, 3.05) is 23.4 Å². The predicted molar refractivity (Wildman–Crippen MR) is 123 cm³/mol. The Morgan fingerprint density at radius 2 is 1.83 bits per heavy atom. The first-order valence-electron chi connectivity index (χ1n) is 9.60. The van der Waals surface area contributed by atoms with Gasteiger partial charge in [0.1, 0.15) is 0 Å². The molecule has 0 aliphatic heterocycles. The first-order chi connectivity index (χ1) is 14.4. The Bertz CT molecular complexity index is 1020. The maximum atomic E-state index is 12.8. The number of nitrogens with zero attached hydrogens (tertiary/aromatic N) is 2. The summed E-state index contributed by atoms with van der Waals surface area (Å²) in [5.41, 5.74) is 2.88. The zero-order valence-electron chi connectivity index (χ0n) is 16.8. The minimum atomic E-state index is -0.263. The molecule has 1 heterocycles. The lowest BCUT2D eigenvalue weighted by molar-refractivity contribution is 0.102. The van der Waals surface area contributed by atoms with Crippen molar-refractivity contribution in [3.8, 4) is 0 Å². The van der Waals surface area contributed by atoms with E-state index >= 15 is 0 Å². The standard InChI is InChI=1S/C23H23Cl2N3O2/c1-15(2)16-5-8-18(9-6-16)27-23(30)17-7-10-19(24)21(14-17)28(12-13-29)22-20(25)4-3-11-26-22/h3-11,14-15,29H,12-13H2,1-2H3,(H,27,30). The highest BCUT2D eigenvalue weighted by molar-refractivity contribution is 6.35. The molecule has 0 bridgehead atoms. The van der Waals surface area contributed by atoms with Gasteiger partial charge in [-0.25, -0.2) is 4.98 Å². The number of carbonyl (C=O) groups excluding carboxylic acids is 1. The Labute approximate surface area is 186 Å². The minimum Gasteiger partial charge on any atom is -0.395 e. The monoisotopic (exact) mass is 443 g/mol. The summed E-state index contributed by atoms with van der Waals surface area (Å²) < 4.78 is 0. The third-order valence-electron chi connectivity index (χ3n) is 4.65. The normalized spacial score (nSPS) is 10.9. The van der Waals surface area contributed by atoms with Gasteiger partial charge in [0.05, 0.1) is 22.3 Å². The molecule has 0 radical (unpaired) electrons. The van der Waals surface area contributed by atoms with Crippen LogP contribution in [0.15, 0.2) is 60.8 Å². The zero-order chi connectivity index (χ0) is 21.7. The van der Waals surface area contributed by atoms with Crippen LogP contribution in [0.1, 0.15) is 35.7 Å². The molecule has 2 aromatic carbocycles. The summed E-state index contributed by atoms with van der Waals surface area (Å²) in [6.45, 7) is 4.32. The average Bonchev–Trinajstić information content (AvgIpc) is 2.73. The predicted octanol–water partition coefficient (Wildman–Crippen LogP) is 5.89. The number of aliphatic hydroxyl groups is 1. The molecule has 2 N–H and O–H groups in total. The highest BCUT2D eigenvalue weighted by atomic mass is 35.5. The number of hydrogen-bond acceptors (Lipinski definition) is 4. The Hall–Kier alpha value is -2.60. The zero-order valence-corrected chi connectivity index (χ0v) is 18.3. The molecule has 0 aliphatic rings. The highest BCUT2D eigenvalue weighted by Crippen LogP contribution is 2.35. The fraction of sp³-hybridized carbons (Fsp3) is 0.217. The number of pyridine rings is 1. The second kappa shape index (κ2) is 9.94. The number of halogens is 2. The molecule has 0 saturated carbocycles. The molecule has 7 heteroatoms. The lowest BCUT2D eigenvalue weighted by atomic mass is 10.0. The van der Waals surface area contributed by atoms with Crippen LogP contribution >= 0.6 is 23.2 Å². The number of rotatable bonds is 7. The van der Waals surface area contributed by atoms with Crippen LogP contribution in [0.25, 0.3) is 0 Å². The molecule has 0 spiro atoms. The van der Waals surface area contributed by atoms with E-state index in [9.17, 15) is 9.90 Å². The van der Waals surface area contributed by atoms with Gasteiger partial charge in [0, 0.05) is 24.0 Å². The maximum absolute atomic E-state index is 12.8. The summed E-state index contributed by atoms with van der Waals surface area (Å²) in [4.78, 5) is 18.8. The molecule has 5 nitrogen and oxygen atoms in total. The lowest BCUT2D eigenvalue weighted by Gasteiger charge is -2.25. The first-order valence-corrected chi connectivity index (χ1v) is 10.4. The topological polar surface area (TPSA) is 65.5 Å². The number of nitrogens with one attached hydrogen (secondary N) is 1. The third kappa shape index (κ3) is 5.11. The van der Waals surface area contributed by atoms with Gasteiger partial charge in [-0.05, 0) is 53.9 Å². The molecular weight excluding hydrogens is 421 g/mol. The minimum absolute atomic E-state index is 0.137. The van der Waals surface area contributed by atoms with E-state index in [1.54, 1.807) is 41.4 Å². The molecule has 156 valence electrons. The van der Waals surface area contributed by atoms with Crippen molar-refractivity contribution in [2.45, 2.75) is 19.8 Å². The summed E-state index contributed by atoms with van der Waals surface area (Å²) in [7, 11) is 0. The summed E-state index contributed by atoms with van der Waals surface area (Å²) in [5.74, 6) is 0.614. The molecule has 3 rings (SSSR count). The van der Waals surface area contributed by atoms with Gasteiger partial charge in [-0.15, -0.1) is 0 Å². The third-order valence-corrected chi connectivity index (χ3v) is 5.27. The van der Waals surface area contributed by atoms with Gasteiger partial charge in [0.15, 0.2) is 5.82 Å². The van der Waals surface area contributed by atoms with E-state index in [0.29, 0.717) is 38.7 Å². The largest absolute Gasteiger partial charge is 0.395 e. The molecule has 3 aromatic rings. The van der Waals surface area contributed by atoms with Crippen LogP contribution in [0.3, 0.4) is 0 Å². The van der Waals surface area contributed by atoms with E-state index in [1.807, 2.05) is 24.3 Å². The van der Waals surface area contributed by atoms with Crippen LogP contribution in [0.5, 0.6) is 0 Å². The van der Waals surface area contributed by atoms with Gasteiger partial charge in [-0.2, -0.15) is 0 Å². The van der Waals surface area contributed by atoms with Crippen molar-refractivity contribution in [2.24, 2.45) is 0 Å². The molecule has 0 fully saturated rings. The van der Waals surface area contributed by atoms with Crippen molar-refractivity contribution in [3.05, 3.63) is 82.0 Å². The molecule has 0 unspecified atom stereocenters. The van der Waals surface area contributed by atoms with Gasteiger partial charge in [-0.3, -0.25) is 4.79 Å². The van der Waals surface area contributed by atoms with E-state index in [2.05, 4.69) is 24.1 Å². The number of carbonyl (C=O) groups is 1. The van der Waals surface area contributed by atoms with E-state index in [-0.39, 0.29) is 19.1 Å². The number of benzene rings is 2. The first kappa shape index (κ1) is 22.1. The molecule has 0 atom stereocenters. The molecule has 1 amide bonds. The van der Waals surface area contributed by atoms with Crippen molar-refractivity contribution in [3.63, 3.8) is 0 Å². The van der Waals surface area contributed by atoms with Crippen LogP contribution in [0, 0.1) is 0 Å². The second-order valence-electron chi connectivity index (χ2n) is 7.08. The average molecular weight is 444 g/mol. The second-order valence-corrected chi connectivity index (χ2v) is 7.90. The quantitative estimate of drug-likeness (QED) is 0.477. The number of anilines is 3. The molecular formula is C23H23Cl2N3O2. The highest BCUT2D eigenvalue weighted by Gasteiger charge is 2.18. The number of aliphatic hydroxyl groups excluding tert-OH is 1. The maximum Gasteiger partial charge on any atom is 0.255 e. The van der Waals surface area contributed by atoms with Crippen molar-refractivity contribution >= 4 is 46.3 Å². The van der Waals surface area contributed by atoms with E-state index in [0.717, 1.165) is 0 Å². The SMILES string of the molecule is CC(C)c1ccc(NC(=O)c2ccc(Cl)c(N(CCO)c3ncccc3Cl)c2)cc1. The van der Waals surface area contributed by atoms with Crippen LogP contribution in [0.2, 0.25) is 10.0 Å². The lowest BCUT2D eigenvalue weighted by Crippen LogP contribution is -2.23. The Balaban J connectivity index is 1.89. The van der Waals surface area contributed by atoms with Gasteiger partial charge in [-0.1, -0.05) is 49.2 Å². The Kier molecular flexibility index (Phi) is 7.32. The van der Waals surface area contributed by atoms with Crippen LogP contribution in [-0.4, -0.2) is 29.1 Å². The summed E-state index contributed by atoms with van der Waals surface area (Å²) >= 11 is 12.7. The molecule has 1 aromatic heterocycles. The summed E-state index contributed by atoms with van der Waals surface area (Å²) in [6.07, 6.45) is 1.61. The smallest absolute Gasteiger partial charge is 0.255 e. The Morgan fingerprint density at radius 3 is 2.47 bits per heavy atom. The van der Waals surface area contributed by atoms with Gasteiger partial charge in [0.25, 0.3) is 5.91 Å². The van der Waals surface area contributed by atoms with E-state index in [4.69, 9.17) is 23.2 Å².